The lowest BCUT2D eigenvalue weighted by atomic mass is 10.1. The smallest absolute Gasteiger partial charge is 0.221 e. The summed E-state index contributed by atoms with van der Waals surface area (Å²) in [7, 11) is 0. The van der Waals surface area contributed by atoms with E-state index in [0.717, 1.165) is 31.7 Å². The van der Waals surface area contributed by atoms with Crippen LogP contribution in [-0.4, -0.2) is 31.6 Å². The molecule has 1 saturated heterocycles. The highest BCUT2D eigenvalue weighted by molar-refractivity contribution is 5.76. The molecule has 1 aliphatic rings. The Morgan fingerprint density at radius 1 is 1.33 bits per heavy atom. The zero-order valence-corrected chi connectivity index (χ0v) is 10.5. The number of carbonyl (C=O) groups is 1. The molecule has 1 atom stereocenters. The van der Waals surface area contributed by atoms with Gasteiger partial charge < -0.3 is 15.4 Å². The van der Waals surface area contributed by atoms with Gasteiger partial charge in [0, 0.05) is 25.6 Å². The van der Waals surface area contributed by atoms with Gasteiger partial charge in [-0.3, -0.25) is 4.79 Å². The number of rotatable bonds is 5. The first-order valence-electron chi connectivity index (χ1n) is 6.52. The molecule has 1 aromatic rings. The van der Waals surface area contributed by atoms with Crippen LogP contribution in [0.3, 0.4) is 0 Å². The Balaban J connectivity index is 1.64. The average molecular weight is 248 g/mol. The van der Waals surface area contributed by atoms with Gasteiger partial charge >= 0.3 is 0 Å². The van der Waals surface area contributed by atoms with E-state index in [2.05, 4.69) is 10.6 Å². The highest BCUT2D eigenvalue weighted by Gasteiger charge is 2.16. The minimum Gasteiger partial charge on any atom is -0.492 e. The predicted molar refractivity (Wildman–Crippen MR) is 70.6 cm³/mol. The van der Waals surface area contributed by atoms with Gasteiger partial charge in [0.05, 0.1) is 0 Å². The molecule has 1 unspecified atom stereocenters. The van der Waals surface area contributed by atoms with Crippen LogP contribution in [0.25, 0.3) is 0 Å². The second kappa shape index (κ2) is 7.01. The third-order valence-electron chi connectivity index (χ3n) is 3.03. The predicted octanol–water partition coefficient (Wildman–Crippen LogP) is 1.32. The van der Waals surface area contributed by atoms with Gasteiger partial charge in [0.15, 0.2) is 0 Å². The SMILES string of the molecule is O=C1CC(NCCOc2ccccc2)CCCN1. The van der Waals surface area contributed by atoms with Gasteiger partial charge in [-0.1, -0.05) is 18.2 Å². The molecule has 0 saturated carbocycles. The van der Waals surface area contributed by atoms with Crippen LogP contribution in [0, 0.1) is 0 Å². The first-order valence-corrected chi connectivity index (χ1v) is 6.52. The molecule has 1 aromatic carbocycles. The van der Waals surface area contributed by atoms with Gasteiger partial charge in [-0.15, -0.1) is 0 Å². The summed E-state index contributed by atoms with van der Waals surface area (Å²) in [5.41, 5.74) is 0. The van der Waals surface area contributed by atoms with Gasteiger partial charge in [0.2, 0.25) is 5.91 Å². The molecule has 1 aliphatic heterocycles. The van der Waals surface area contributed by atoms with Crippen LogP contribution in [0.4, 0.5) is 0 Å². The molecule has 0 radical (unpaired) electrons. The van der Waals surface area contributed by atoms with E-state index in [-0.39, 0.29) is 11.9 Å². The number of hydrogen-bond donors (Lipinski definition) is 2. The monoisotopic (exact) mass is 248 g/mol. The number of nitrogens with one attached hydrogen (secondary N) is 2. The largest absolute Gasteiger partial charge is 0.492 e. The van der Waals surface area contributed by atoms with E-state index >= 15 is 0 Å². The van der Waals surface area contributed by atoms with E-state index in [1.165, 1.54) is 0 Å². The summed E-state index contributed by atoms with van der Waals surface area (Å²) in [6, 6.07) is 10.1. The number of carbonyl (C=O) groups excluding carboxylic acids is 1. The van der Waals surface area contributed by atoms with E-state index in [9.17, 15) is 4.79 Å². The van der Waals surface area contributed by atoms with Crippen LogP contribution in [0.1, 0.15) is 19.3 Å². The van der Waals surface area contributed by atoms with Crippen molar-refractivity contribution in [1.82, 2.24) is 10.6 Å². The lowest BCUT2D eigenvalue weighted by Crippen LogP contribution is -2.35. The topological polar surface area (TPSA) is 50.4 Å². The number of amides is 1. The number of hydrogen-bond acceptors (Lipinski definition) is 3. The standard InChI is InChI=1S/C14H20N2O2/c17-14-11-12(5-4-8-16-14)15-9-10-18-13-6-2-1-3-7-13/h1-3,6-7,12,15H,4-5,8-11H2,(H,16,17). The Kier molecular flexibility index (Phi) is 5.02. The minimum atomic E-state index is 0.147. The third kappa shape index (κ3) is 4.37. The Morgan fingerprint density at radius 3 is 3.00 bits per heavy atom. The molecule has 2 N–H and O–H groups in total. The molecule has 1 fully saturated rings. The zero-order valence-electron chi connectivity index (χ0n) is 10.5. The molecule has 18 heavy (non-hydrogen) atoms. The molecule has 4 heteroatoms. The van der Waals surface area contributed by atoms with Crippen LogP contribution in [0.2, 0.25) is 0 Å². The molecule has 0 aliphatic carbocycles. The molecular formula is C14H20N2O2. The van der Waals surface area contributed by atoms with Crippen LogP contribution >= 0.6 is 0 Å². The second-order valence-corrected chi connectivity index (χ2v) is 4.51. The quantitative estimate of drug-likeness (QED) is 0.773. The molecule has 1 heterocycles. The highest BCUT2D eigenvalue weighted by Crippen LogP contribution is 2.08. The summed E-state index contributed by atoms with van der Waals surface area (Å²) in [5, 5.41) is 6.26. The van der Waals surface area contributed by atoms with Crippen molar-refractivity contribution in [3.8, 4) is 5.75 Å². The van der Waals surface area contributed by atoms with Crippen molar-refractivity contribution < 1.29 is 9.53 Å². The van der Waals surface area contributed by atoms with Crippen molar-refractivity contribution in [2.75, 3.05) is 19.7 Å². The van der Waals surface area contributed by atoms with Crippen LogP contribution < -0.4 is 15.4 Å². The Morgan fingerprint density at radius 2 is 2.17 bits per heavy atom. The summed E-state index contributed by atoms with van der Waals surface area (Å²) >= 11 is 0. The van der Waals surface area contributed by atoms with Gasteiger partial charge in [-0.05, 0) is 25.0 Å². The fourth-order valence-corrected chi connectivity index (χ4v) is 2.10. The lowest BCUT2D eigenvalue weighted by Gasteiger charge is -2.15. The first-order chi connectivity index (χ1) is 8.84. The molecule has 0 spiro atoms. The maximum absolute atomic E-state index is 11.4. The molecule has 2 rings (SSSR count). The Hall–Kier alpha value is -1.55. The molecule has 98 valence electrons. The summed E-state index contributed by atoms with van der Waals surface area (Å²) < 4.78 is 5.59. The summed E-state index contributed by atoms with van der Waals surface area (Å²) in [6.45, 7) is 2.20. The van der Waals surface area contributed by atoms with E-state index in [0.29, 0.717) is 13.0 Å². The van der Waals surface area contributed by atoms with E-state index in [1.807, 2.05) is 30.3 Å². The molecular weight excluding hydrogens is 228 g/mol. The molecule has 1 amide bonds. The van der Waals surface area contributed by atoms with Crippen LogP contribution in [-0.2, 0) is 4.79 Å². The van der Waals surface area contributed by atoms with E-state index in [1.54, 1.807) is 0 Å². The maximum atomic E-state index is 11.4. The van der Waals surface area contributed by atoms with Crippen molar-refractivity contribution in [1.29, 1.82) is 0 Å². The number of para-hydroxylation sites is 1. The Bertz CT molecular complexity index is 367. The second-order valence-electron chi connectivity index (χ2n) is 4.51. The number of benzene rings is 1. The van der Waals surface area contributed by atoms with Crippen molar-refractivity contribution in [3.63, 3.8) is 0 Å². The Labute approximate surface area is 108 Å². The van der Waals surface area contributed by atoms with E-state index < -0.39 is 0 Å². The highest BCUT2D eigenvalue weighted by atomic mass is 16.5. The summed E-state index contributed by atoms with van der Waals surface area (Å²) in [5.74, 6) is 1.03. The van der Waals surface area contributed by atoms with E-state index in [4.69, 9.17) is 4.74 Å². The van der Waals surface area contributed by atoms with Crippen molar-refractivity contribution in [2.24, 2.45) is 0 Å². The lowest BCUT2D eigenvalue weighted by molar-refractivity contribution is -0.121. The first kappa shape index (κ1) is 12.9. The molecule has 0 bridgehead atoms. The zero-order chi connectivity index (χ0) is 12.6. The third-order valence-corrected chi connectivity index (χ3v) is 3.03. The normalized spacial score (nSPS) is 20.0. The maximum Gasteiger partial charge on any atom is 0.221 e. The van der Waals surface area contributed by atoms with Crippen LogP contribution in [0.5, 0.6) is 5.75 Å². The summed E-state index contributed by atoms with van der Waals surface area (Å²) in [6.07, 6.45) is 2.67. The van der Waals surface area contributed by atoms with Gasteiger partial charge in [-0.25, -0.2) is 0 Å². The van der Waals surface area contributed by atoms with Crippen molar-refractivity contribution in [2.45, 2.75) is 25.3 Å². The van der Waals surface area contributed by atoms with Gasteiger partial charge in [0.1, 0.15) is 12.4 Å². The van der Waals surface area contributed by atoms with Crippen molar-refractivity contribution in [3.05, 3.63) is 30.3 Å². The van der Waals surface area contributed by atoms with Gasteiger partial charge in [-0.2, -0.15) is 0 Å². The molecule has 4 nitrogen and oxygen atoms in total. The average Bonchev–Trinajstić information content (AvgIpc) is 2.60. The fraction of sp³-hybridized carbons (Fsp3) is 0.500. The minimum absolute atomic E-state index is 0.147. The number of ether oxygens (including phenoxy) is 1. The van der Waals surface area contributed by atoms with Crippen molar-refractivity contribution >= 4 is 5.91 Å². The molecule has 0 aromatic heterocycles. The van der Waals surface area contributed by atoms with Crippen LogP contribution in [0.15, 0.2) is 30.3 Å². The fourth-order valence-electron chi connectivity index (χ4n) is 2.10. The summed E-state index contributed by atoms with van der Waals surface area (Å²) in [4.78, 5) is 11.4. The van der Waals surface area contributed by atoms with Gasteiger partial charge in [0.25, 0.3) is 0 Å².